The number of aromatic nitrogens is 2. The highest BCUT2D eigenvalue weighted by Crippen LogP contribution is 2.23. The Bertz CT molecular complexity index is 1230. The van der Waals surface area contributed by atoms with Gasteiger partial charge < -0.3 is 10.3 Å². The van der Waals surface area contributed by atoms with Crippen molar-refractivity contribution in [1.29, 1.82) is 0 Å². The zero-order valence-corrected chi connectivity index (χ0v) is 13.2. The molecule has 1 amide bonds. The number of aromatic amines is 1. The van der Waals surface area contributed by atoms with Crippen LogP contribution in [0.1, 0.15) is 10.4 Å². The Morgan fingerprint density at radius 3 is 2.54 bits per heavy atom. The number of anilines is 1. The Morgan fingerprint density at radius 1 is 1.00 bits per heavy atom. The van der Waals surface area contributed by atoms with Gasteiger partial charge in [0.1, 0.15) is 17.2 Å². The van der Waals surface area contributed by atoms with Crippen LogP contribution in [0.5, 0.6) is 0 Å². The molecule has 2 aromatic carbocycles. The topological polar surface area (TPSA) is 74.8 Å². The molecule has 2 aromatic heterocycles. The fourth-order valence-corrected chi connectivity index (χ4v) is 2.78. The van der Waals surface area contributed by atoms with E-state index < -0.39 is 23.0 Å². The van der Waals surface area contributed by atoms with Crippen LogP contribution < -0.4 is 10.7 Å². The number of pyridine rings is 2. The van der Waals surface area contributed by atoms with Gasteiger partial charge in [-0.15, -0.1) is 0 Å². The number of benzene rings is 2. The lowest BCUT2D eigenvalue weighted by Gasteiger charge is -2.09. The Balaban J connectivity index is 1.78. The molecule has 0 aliphatic heterocycles. The number of amides is 1. The first-order valence-corrected chi connectivity index (χ1v) is 7.69. The van der Waals surface area contributed by atoms with Crippen LogP contribution in [0.2, 0.25) is 0 Å². The molecule has 0 saturated carbocycles. The number of carbonyl (C=O) groups is 1. The summed E-state index contributed by atoms with van der Waals surface area (Å²) in [4.78, 5) is 32.0. The molecule has 0 spiro atoms. The van der Waals surface area contributed by atoms with Crippen LogP contribution in [0, 0.1) is 11.6 Å². The van der Waals surface area contributed by atoms with Crippen molar-refractivity contribution in [3.63, 3.8) is 0 Å². The van der Waals surface area contributed by atoms with Crippen LogP contribution >= 0.6 is 0 Å². The number of rotatable bonds is 2. The van der Waals surface area contributed by atoms with Crippen molar-refractivity contribution < 1.29 is 13.6 Å². The van der Waals surface area contributed by atoms with E-state index in [1.807, 2.05) is 0 Å². The van der Waals surface area contributed by atoms with Gasteiger partial charge in [0.05, 0.1) is 11.2 Å². The van der Waals surface area contributed by atoms with Gasteiger partial charge in [0.2, 0.25) is 5.43 Å². The first-order valence-electron chi connectivity index (χ1n) is 7.69. The molecule has 0 fully saturated rings. The van der Waals surface area contributed by atoms with Crippen LogP contribution in [0.25, 0.3) is 21.8 Å². The first-order chi connectivity index (χ1) is 12.5. The number of nitrogens with one attached hydrogen (secondary N) is 2. The van der Waals surface area contributed by atoms with Gasteiger partial charge in [0.25, 0.3) is 5.91 Å². The summed E-state index contributed by atoms with van der Waals surface area (Å²) in [5, 5.41) is 3.07. The summed E-state index contributed by atoms with van der Waals surface area (Å²) in [6.07, 6.45) is 2.73. The maximum absolute atomic E-state index is 13.5. The van der Waals surface area contributed by atoms with E-state index in [0.717, 1.165) is 6.07 Å². The Morgan fingerprint density at radius 2 is 1.73 bits per heavy atom. The van der Waals surface area contributed by atoms with Crippen molar-refractivity contribution in [2.45, 2.75) is 0 Å². The van der Waals surface area contributed by atoms with Gasteiger partial charge in [0.15, 0.2) is 0 Å². The van der Waals surface area contributed by atoms with Crippen molar-refractivity contribution >= 4 is 33.4 Å². The molecule has 7 heteroatoms. The fraction of sp³-hybridized carbons (Fsp3) is 0. The highest BCUT2D eigenvalue weighted by atomic mass is 19.1. The van der Waals surface area contributed by atoms with Gasteiger partial charge in [-0.05, 0) is 42.5 Å². The van der Waals surface area contributed by atoms with Gasteiger partial charge in [-0.1, -0.05) is 0 Å². The molecule has 4 aromatic rings. The molecular formula is C19H11F2N3O2. The molecule has 0 bridgehead atoms. The SMILES string of the molecule is O=C(Nc1ccnc2ccc(F)cc12)c1c[nH]c2ccc(F)cc2c1=O. The lowest BCUT2D eigenvalue weighted by molar-refractivity contribution is 0.102. The van der Waals surface area contributed by atoms with Crippen LogP contribution in [-0.4, -0.2) is 15.9 Å². The van der Waals surface area contributed by atoms with E-state index in [2.05, 4.69) is 15.3 Å². The number of fused-ring (bicyclic) bond motifs is 2. The number of nitrogens with zero attached hydrogens (tertiary/aromatic N) is 1. The molecular weight excluding hydrogens is 340 g/mol. The predicted molar refractivity (Wildman–Crippen MR) is 94.2 cm³/mol. The monoisotopic (exact) mass is 351 g/mol. The van der Waals surface area contributed by atoms with E-state index >= 15 is 0 Å². The summed E-state index contributed by atoms with van der Waals surface area (Å²) >= 11 is 0. The number of H-pyrrole nitrogens is 1. The maximum atomic E-state index is 13.5. The summed E-state index contributed by atoms with van der Waals surface area (Å²) in [5.74, 6) is -1.73. The molecule has 4 rings (SSSR count). The average molecular weight is 351 g/mol. The van der Waals surface area contributed by atoms with E-state index in [4.69, 9.17) is 0 Å². The van der Waals surface area contributed by atoms with E-state index in [0.29, 0.717) is 22.1 Å². The van der Waals surface area contributed by atoms with Crippen molar-refractivity contribution in [3.05, 3.63) is 82.3 Å². The third kappa shape index (κ3) is 2.69. The number of hydrogen-bond donors (Lipinski definition) is 2. The summed E-state index contributed by atoms with van der Waals surface area (Å²) in [7, 11) is 0. The molecule has 0 unspecified atom stereocenters. The molecule has 0 radical (unpaired) electrons. The third-order valence-corrected chi connectivity index (χ3v) is 4.04. The second-order valence-corrected chi connectivity index (χ2v) is 5.70. The lowest BCUT2D eigenvalue weighted by atomic mass is 10.1. The van der Waals surface area contributed by atoms with Crippen LogP contribution in [0.4, 0.5) is 14.5 Å². The van der Waals surface area contributed by atoms with Crippen LogP contribution in [0.15, 0.2) is 59.7 Å². The molecule has 2 N–H and O–H groups in total. The lowest BCUT2D eigenvalue weighted by Crippen LogP contribution is -2.22. The van der Waals surface area contributed by atoms with E-state index in [1.165, 1.54) is 48.8 Å². The standard InChI is InChI=1S/C19H11F2N3O2/c20-10-1-3-15-12(7-10)17(5-6-22-15)24-19(26)14-9-23-16-4-2-11(21)8-13(16)18(14)25/h1-9H,(H,23,25)(H,22,24,26). The number of halogens is 2. The smallest absolute Gasteiger partial charge is 0.261 e. The fourth-order valence-electron chi connectivity index (χ4n) is 2.78. The quantitative estimate of drug-likeness (QED) is 0.579. The molecule has 26 heavy (non-hydrogen) atoms. The zero-order chi connectivity index (χ0) is 18.3. The van der Waals surface area contributed by atoms with Gasteiger partial charge in [-0.2, -0.15) is 0 Å². The van der Waals surface area contributed by atoms with Crippen molar-refractivity contribution in [2.75, 3.05) is 5.32 Å². The summed E-state index contributed by atoms with van der Waals surface area (Å²) in [6.45, 7) is 0. The number of carbonyl (C=O) groups excluding carboxylic acids is 1. The van der Waals surface area contributed by atoms with Crippen LogP contribution in [0.3, 0.4) is 0 Å². The molecule has 0 aliphatic carbocycles. The van der Waals surface area contributed by atoms with Crippen molar-refractivity contribution in [2.24, 2.45) is 0 Å². The summed E-state index contributed by atoms with van der Waals surface area (Å²) in [6, 6.07) is 9.23. The minimum Gasteiger partial charge on any atom is -0.360 e. The van der Waals surface area contributed by atoms with Gasteiger partial charge in [0, 0.05) is 28.7 Å². The highest BCUT2D eigenvalue weighted by Gasteiger charge is 2.15. The van der Waals surface area contributed by atoms with Gasteiger partial charge >= 0.3 is 0 Å². The normalized spacial score (nSPS) is 11.0. The third-order valence-electron chi connectivity index (χ3n) is 4.04. The highest BCUT2D eigenvalue weighted by molar-refractivity contribution is 6.09. The number of hydrogen-bond acceptors (Lipinski definition) is 3. The Hall–Kier alpha value is -3.61. The Labute approximate surface area is 145 Å². The van der Waals surface area contributed by atoms with Crippen molar-refractivity contribution in [3.8, 4) is 0 Å². The Kier molecular flexibility index (Phi) is 3.69. The first kappa shape index (κ1) is 15.9. The largest absolute Gasteiger partial charge is 0.360 e. The molecule has 2 heterocycles. The maximum Gasteiger partial charge on any atom is 0.261 e. The van der Waals surface area contributed by atoms with E-state index in [9.17, 15) is 18.4 Å². The minimum atomic E-state index is -0.686. The van der Waals surface area contributed by atoms with Crippen molar-refractivity contribution in [1.82, 2.24) is 9.97 Å². The average Bonchev–Trinajstić information content (AvgIpc) is 2.63. The van der Waals surface area contributed by atoms with Gasteiger partial charge in [-0.3, -0.25) is 14.6 Å². The van der Waals surface area contributed by atoms with E-state index in [1.54, 1.807) is 0 Å². The second-order valence-electron chi connectivity index (χ2n) is 5.70. The molecule has 128 valence electrons. The molecule has 5 nitrogen and oxygen atoms in total. The second kappa shape index (κ2) is 6.03. The van der Waals surface area contributed by atoms with Crippen LogP contribution in [-0.2, 0) is 0 Å². The summed E-state index contributed by atoms with van der Waals surface area (Å²) in [5.41, 5.74) is 0.464. The molecule has 0 saturated heterocycles. The van der Waals surface area contributed by atoms with E-state index in [-0.39, 0.29) is 10.9 Å². The minimum absolute atomic E-state index is 0.0725. The summed E-state index contributed by atoms with van der Waals surface area (Å²) < 4.78 is 26.9. The molecule has 0 aliphatic rings. The predicted octanol–water partition coefficient (Wildman–Crippen LogP) is 3.61. The molecule has 0 atom stereocenters. The zero-order valence-electron chi connectivity index (χ0n) is 13.2. The van der Waals surface area contributed by atoms with Gasteiger partial charge in [-0.25, -0.2) is 8.78 Å².